The lowest BCUT2D eigenvalue weighted by Crippen LogP contribution is -2.35. The largest absolute Gasteiger partial charge is 0.548 e. The Morgan fingerprint density at radius 1 is 0.897 bits per heavy atom. The van der Waals surface area contributed by atoms with Crippen LogP contribution in [0.1, 0.15) is 0 Å². The minimum Gasteiger partial charge on any atom is -0.548 e. The molecule has 0 atom stereocenters. The third kappa shape index (κ3) is 4.00. The van der Waals surface area contributed by atoms with E-state index in [4.69, 9.17) is 16.1 Å². The number of benzene rings is 3. The number of nitrogens with zero attached hydrogens (tertiary/aromatic N) is 2. The first-order valence-electron chi connectivity index (χ1n) is 8.97. The van der Waals surface area contributed by atoms with E-state index >= 15 is 0 Å². The van der Waals surface area contributed by atoms with Crippen molar-refractivity contribution in [3.05, 3.63) is 90.0 Å². The van der Waals surface area contributed by atoms with Crippen molar-refractivity contribution in [3.63, 3.8) is 0 Å². The van der Waals surface area contributed by atoms with Gasteiger partial charge in [-0.2, -0.15) is 0 Å². The van der Waals surface area contributed by atoms with Gasteiger partial charge in [0.15, 0.2) is 0 Å². The van der Waals surface area contributed by atoms with Gasteiger partial charge < -0.3 is 19.3 Å². The molecule has 0 fully saturated rings. The van der Waals surface area contributed by atoms with Gasteiger partial charge in [-0.25, -0.2) is 0 Å². The van der Waals surface area contributed by atoms with Gasteiger partial charge in [0.05, 0.1) is 18.1 Å². The summed E-state index contributed by atoms with van der Waals surface area (Å²) < 4.78 is 5.70. The zero-order valence-electron chi connectivity index (χ0n) is 15.3. The second kappa shape index (κ2) is 8.20. The molecule has 0 saturated carbocycles. The third-order valence-corrected chi connectivity index (χ3v) is 4.71. The highest BCUT2D eigenvalue weighted by molar-refractivity contribution is 6.30. The van der Waals surface area contributed by atoms with Gasteiger partial charge in [-0.15, -0.1) is 0 Å². The molecule has 4 aromatic rings. The summed E-state index contributed by atoms with van der Waals surface area (Å²) in [5.74, 6) is -0.895. The zero-order chi connectivity index (χ0) is 20.2. The Labute approximate surface area is 172 Å². The quantitative estimate of drug-likeness (QED) is 0.472. The number of para-hydroxylation sites is 1. The summed E-state index contributed by atoms with van der Waals surface area (Å²) in [4.78, 5) is 13.0. The maximum Gasteiger partial charge on any atom is 0.240 e. The van der Waals surface area contributed by atoms with Gasteiger partial charge in [0, 0.05) is 16.3 Å². The molecule has 0 saturated heterocycles. The van der Waals surface area contributed by atoms with Crippen molar-refractivity contribution in [1.82, 2.24) is 5.16 Å². The van der Waals surface area contributed by atoms with Gasteiger partial charge in [0.25, 0.3) is 0 Å². The van der Waals surface area contributed by atoms with E-state index in [0.29, 0.717) is 27.9 Å². The molecule has 0 spiro atoms. The van der Waals surface area contributed by atoms with Crippen LogP contribution in [0.2, 0.25) is 5.02 Å². The molecule has 5 nitrogen and oxygen atoms in total. The fourth-order valence-electron chi connectivity index (χ4n) is 3.15. The SMILES string of the molecule is O=C([O-])CN(c1ccccc1)c1onc(-c2ccc(Cl)cc2)c1-c1ccccc1. The highest BCUT2D eigenvalue weighted by Crippen LogP contribution is 2.42. The van der Waals surface area contributed by atoms with Gasteiger partial charge in [-0.1, -0.05) is 77.4 Å². The first-order chi connectivity index (χ1) is 14.1. The van der Waals surface area contributed by atoms with E-state index in [0.717, 1.165) is 11.1 Å². The smallest absolute Gasteiger partial charge is 0.240 e. The molecular formula is C23H16ClN2O3-. The lowest BCUT2D eigenvalue weighted by atomic mass is 10.0. The first kappa shape index (κ1) is 18.8. The Hall–Kier alpha value is -3.57. The Morgan fingerprint density at radius 2 is 1.52 bits per heavy atom. The second-order valence-corrected chi connectivity index (χ2v) is 6.81. The molecule has 3 aromatic carbocycles. The monoisotopic (exact) mass is 403 g/mol. The summed E-state index contributed by atoms with van der Waals surface area (Å²) in [5, 5.41) is 16.4. The van der Waals surface area contributed by atoms with Crippen LogP contribution in [-0.4, -0.2) is 17.7 Å². The first-order valence-corrected chi connectivity index (χ1v) is 9.35. The average Bonchev–Trinajstić information content (AvgIpc) is 3.18. The van der Waals surface area contributed by atoms with Crippen molar-refractivity contribution >= 4 is 29.1 Å². The van der Waals surface area contributed by atoms with Gasteiger partial charge in [-0.05, 0) is 29.8 Å². The van der Waals surface area contributed by atoms with Crippen LogP contribution in [0, 0.1) is 0 Å². The molecule has 0 bridgehead atoms. The molecule has 0 radical (unpaired) electrons. The number of hydrogen-bond donors (Lipinski definition) is 0. The molecule has 0 aliphatic rings. The minimum atomic E-state index is -1.22. The van der Waals surface area contributed by atoms with Crippen LogP contribution in [0.4, 0.5) is 11.6 Å². The van der Waals surface area contributed by atoms with Crippen molar-refractivity contribution in [2.45, 2.75) is 0 Å². The number of halogens is 1. The summed E-state index contributed by atoms with van der Waals surface area (Å²) in [5.41, 5.74) is 3.62. The number of carbonyl (C=O) groups is 1. The van der Waals surface area contributed by atoms with Crippen LogP contribution in [0.5, 0.6) is 0 Å². The minimum absolute atomic E-state index is 0.330. The molecule has 1 aromatic heterocycles. The number of carboxylic acid groups (broad SMARTS) is 1. The van der Waals surface area contributed by atoms with Crippen LogP contribution in [-0.2, 0) is 4.79 Å². The van der Waals surface area contributed by atoms with Gasteiger partial charge >= 0.3 is 0 Å². The maximum atomic E-state index is 11.5. The molecule has 0 amide bonds. The number of carbonyl (C=O) groups excluding carboxylic acids is 1. The fraction of sp³-hybridized carbons (Fsp3) is 0.0435. The molecular weight excluding hydrogens is 388 g/mol. The number of hydrogen-bond acceptors (Lipinski definition) is 5. The molecule has 29 heavy (non-hydrogen) atoms. The van der Waals surface area contributed by atoms with Crippen LogP contribution >= 0.6 is 11.6 Å². The molecule has 0 aliphatic carbocycles. The van der Waals surface area contributed by atoms with Gasteiger partial charge in [0.2, 0.25) is 5.88 Å². The highest BCUT2D eigenvalue weighted by Gasteiger charge is 2.25. The van der Waals surface area contributed by atoms with Gasteiger partial charge in [0.1, 0.15) is 5.69 Å². The van der Waals surface area contributed by atoms with E-state index in [2.05, 4.69) is 5.16 Å². The van der Waals surface area contributed by atoms with Gasteiger partial charge in [-0.3, -0.25) is 0 Å². The summed E-state index contributed by atoms with van der Waals surface area (Å²) in [6.45, 7) is -0.376. The average molecular weight is 404 g/mol. The topological polar surface area (TPSA) is 69.4 Å². The van der Waals surface area contributed by atoms with E-state index in [1.165, 1.54) is 0 Å². The number of aromatic nitrogens is 1. The Morgan fingerprint density at radius 3 is 2.14 bits per heavy atom. The molecule has 0 unspecified atom stereocenters. The van der Waals surface area contributed by atoms with Crippen molar-refractivity contribution in [2.75, 3.05) is 11.4 Å². The Kier molecular flexibility index (Phi) is 5.31. The van der Waals surface area contributed by atoms with E-state index in [-0.39, 0.29) is 6.54 Å². The van der Waals surface area contributed by atoms with Crippen LogP contribution < -0.4 is 10.0 Å². The Bertz CT molecular complexity index is 1110. The van der Waals surface area contributed by atoms with Crippen LogP contribution in [0.3, 0.4) is 0 Å². The summed E-state index contributed by atoms with van der Waals surface area (Å²) in [6.07, 6.45) is 0. The third-order valence-electron chi connectivity index (χ3n) is 4.45. The molecule has 0 aliphatic heterocycles. The summed E-state index contributed by atoms with van der Waals surface area (Å²) in [7, 11) is 0. The van der Waals surface area contributed by atoms with E-state index in [1.807, 2.05) is 72.8 Å². The van der Waals surface area contributed by atoms with E-state index < -0.39 is 5.97 Å². The lowest BCUT2D eigenvalue weighted by Gasteiger charge is -2.23. The summed E-state index contributed by atoms with van der Waals surface area (Å²) in [6, 6.07) is 26.0. The zero-order valence-corrected chi connectivity index (χ0v) is 16.0. The Balaban J connectivity index is 1.92. The van der Waals surface area contributed by atoms with E-state index in [1.54, 1.807) is 17.0 Å². The normalized spacial score (nSPS) is 10.7. The van der Waals surface area contributed by atoms with E-state index in [9.17, 15) is 9.90 Å². The van der Waals surface area contributed by atoms with Crippen molar-refractivity contribution in [1.29, 1.82) is 0 Å². The molecule has 4 rings (SSSR count). The van der Waals surface area contributed by atoms with Crippen molar-refractivity contribution in [2.24, 2.45) is 0 Å². The molecule has 6 heteroatoms. The molecule has 0 N–H and O–H groups in total. The fourth-order valence-corrected chi connectivity index (χ4v) is 3.28. The van der Waals surface area contributed by atoms with Crippen molar-refractivity contribution in [3.8, 4) is 22.4 Å². The summed E-state index contributed by atoms with van der Waals surface area (Å²) >= 11 is 6.02. The standard InChI is InChI=1S/C23H17ClN2O3/c24-18-13-11-17(12-14-18)22-21(16-7-3-1-4-8-16)23(29-25-22)26(15-20(27)28)19-9-5-2-6-10-19/h1-14H,15H2,(H,27,28)/p-1. The lowest BCUT2D eigenvalue weighted by molar-refractivity contribution is -0.303. The molecule has 1 heterocycles. The van der Waals surface area contributed by atoms with Crippen molar-refractivity contribution < 1.29 is 14.4 Å². The number of anilines is 2. The maximum absolute atomic E-state index is 11.5. The number of rotatable bonds is 6. The second-order valence-electron chi connectivity index (χ2n) is 6.38. The highest BCUT2D eigenvalue weighted by atomic mass is 35.5. The number of carboxylic acids is 1. The molecule has 144 valence electrons. The van der Waals surface area contributed by atoms with Crippen LogP contribution in [0.15, 0.2) is 89.5 Å². The predicted octanol–water partition coefficient (Wildman–Crippen LogP) is 4.55. The predicted molar refractivity (Wildman–Crippen MR) is 111 cm³/mol. The number of aliphatic carboxylic acids is 1. The van der Waals surface area contributed by atoms with Crippen LogP contribution in [0.25, 0.3) is 22.4 Å².